The van der Waals surface area contributed by atoms with Gasteiger partial charge in [0.2, 0.25) is 5.91 Å². The molecular formula is C11H20N2O4. The summed E-state index contributed by atoms with van der Waals surface area (Å²) in [4.78, 5) is 26.4. The summed E-state index contributed by atoms with van der Waals surface area (Å²) in [6, 6.07) is 0. The molecule has 0 bridgehead atoms. The van der Waals surface area contributed by atoms with Crippen molar-refractivity contribution in [1.82, 2.24) is 9.80 Å². The number of nitrogens with zero attached hydrogens (tertiary/aromatic N) is 2. The van der Waals surface area contributed by atoms with Crippen molar-refractivity contribution < 1.29 is 19.4 Å². The van der Waals surface area contributed by atoms with Crippen LogP contribution in [0, 0.1) is 0 Å². The zero-order valence-corrected chi connectivity index (χ0v) is 10.2. The largest absolute Gasteiger partial charge is 0.450 e. The van der Waals surface area contributed by atoms with Gasteiger partial charge in [-0.1, -0.05) is 0 Å². The number of carbonyl (C=O) groups is 2. The molecule has 0 radical (unpaired) electrons. The minimum absolute atomic E-state index is 0.0362. The Morgan fingerprint density at radius 3 is 2.29 bits per heavy atom. The van der Waals surface area contributed by atoms with E-state index in [4.69, 9.17) is 9.84 Å². The van der Waals surface area contributed by atoms with Crippen LogP contribution in [0.15, 0.2) is 0 Å². The molecule has 1 heterocycles. The minimum Gasteiger partial charge on any atom is -0.450 e. The van der Waals surface area contributed by atoms with Crippen molar-refractivity contribution in [3.63, 3.8) is 0 Å². The molecule has 0 unspecified atom stereocenters. The summed E-state index contributed by atoms with van der Waals surface area (Å²) in [6.45, 7) is 4.30. The van der Waals surface area contributed by atoms with Crippen molar-refractivity contribution in [2.24, 2.45) is 0 Å². The van der Waals surface area contributed by atoms with Gasteiger partial charge in [0.15, 0.2) is 0 Å². The van der Waals surface area contributed by atoms with E-state index < -0.39 is 0 Å². The lowest BCUT2D eigenvalue weighted by molar-refractivity contribution is -0.133. The van der Waals surface area contributed by atoms with Gasteiger partial charge in [-0.2, -0.15) is 0 Å². The third-order valence-electron chi connectivity index (χ3n) is 2.71. The number of amides is 2. The molecule has 0 aliphatic carbocycles. The van der Waals surface area contributed by atoms with Gasteiger partial charge < -0.3 is 19.6 Å². The van der Waals surface area contributed by atoms with Crippen LogP contribution in [0.25, 0.3) is 0 Å². The summed E-state index contributed by atoms with van der Waals surface area (Å²) < 4.78 is 4.89. The molecule has 17 heavy (non-hydrogen) atoms. The molecule has 1 N–H and O–H groups in total. The van der Waals surface area contributed by atoms with E-state index in [1.807, 2.05) is 0 Å². The highest BCUT2D eigenvalue weighted by Gasteiger charge is 2.24. The van der Waals surface area contributed by atoms with Crippen LogP contribution in [0.3, 0.4) is 0 Å². The van der Waals surface area contributed by atoms with Crippen LogP contribution >= 0.6 is 0 Å². The van der Waals surface area contributed by atoms with Crippen LogP contribution in [0.2, 0.25) is 0 Å². The molecule has 0 aromatic carbocycles. The normalized spacial score (nSPS) is 15.9. The van der Waals surface area contributed by atoms with Crippen LogP contribution in [0.4, 0.5) is 4.79 Å². The van der Waals surface area contributed by atoms with E-state index in [0.29, 0.717) is 45.6 Å². The van der Waals surface area contributed by atoms with Gasteiger partial charge in [-0.05, 0) is 13.3 Å². The molecule has 1 fully saturated rings. The first-order valence-electron chi connectivity index (χ1n) is 5.99. The van der Waals surface area contributed by atoms with Gasteiger partial charge >= 0.3 is 6.09 Å². The fraction of sp³-hybridized carbons (Fsp3) is 0.818. The van der Waals surface area contributed by atoms with Crippen LogP contribution in [0.5, 0.6) is 0 Å². The van der Waals surface area contributed by atoms with Crippen molar-refractivity contribution in [2.45, 2.75) is 19.8 Å². The van der Waals surface area contributed by atoms with Gasteiger partial charge in [0.05, 0.1) is 6.61 Å². The molecule has 1 aliphatic rings. The van der Waals surface area contributed by atoms with E-state index in [0.717, 1.165) is 0 Å². The molecular weight excluding hydrogens is 224 g/mol. The van der Waals surface area contributed by atoms with Gasteiger partial charge in [0.1, 0.15) is 0 Å². The molecule has 1 rings (SSSR count). The Morgan fingerprint density at radius 2 is 1.76 bits per heavy atom. The number of rotatable bonds is 4. The predicted octanol–water partition coefficient (Wildman–Crippen LogP) is 0.0596. The molecule has 0 saturated carbocycles. The number of piperazine rings is 1. The lowest BCUT2D eigenvalue weighted by Crippen LogP contribution is -2.50. The Bertz CT molecular complexity index is 262. The summed E-state index contributed by atoms with van der Waals surface area (Å²) in [6.07, 6.45) is 0.558. The SMILES string of the molecule is CCOC(=O)N1CCN(C(=O)CCCO)CC1. The molecule has 0 aromatic rings. The molecule has 0 spiro atoms. The highest BCUT2D eigenvalue weighted by molar-refractivity contribution is 5.76. The van der Waals surface area contributed by atoms with Gasteiger partial charge in [-0.25, -0.2) is 4.79 Å². The molecule has 1 saturated heterocycles. The minimum atomic E-state index is -0.310. The summed E-state index contributed by atoms with van der Waals surface area (Å²) >= 11 is 0. The van der Waals surface area contributed by atoms with Crippen LogP contribution in [0.1, 0.15) is 19.8 Å². The number of hydrogen-bond acceptors (Lipinski definition) is 4. The number of hydrogen-bond donors (Lipinski definition) is 1. The van der Waals surface area contributed by atoms with E-state index >= 15 is 0 Å². The molecule has 6 nitrogen and oxygen atoms in total. The Labute approximate surface area is 101 Å². The van der Waals surface area contributed by atoms with Crippen LogP contribution in [-0.4, -0.2) is 66.3 Å². The maximum Gasteiger partial charge on any atom is 0.409 e. The second kappa shape index (κ2) is 7.11. The highest BCUT2D eigenvalue weighted by Crippen LogP contribution is 2.06. The topological polar surface area (TPSA) is 70.1 Å². The Morgan fingerprint density at radius 1 is 1.18 bits per heavy atom. The average Bonchev–Trinajstić information content (AvgIpc) is 2.36. The summed E-state index contributed by atoms with van der Waals surface area (Å²) in [7, 11) is 0. The van der Waals surface area contributed by atoms with Gasteiger partial charge in [0, 0.05) is 39.2 Å². The number of aliphatic hydroxyl groups excluding tert-OH is 1. The van der Waals surface area contributed by atoms with E-state index in [9.17, 15) is 9.59 Å². The zero-order chi connectivity index (χ0) is 12.7. The second-order valence-corrected chi connectivity index (χ2v) is 3.89. The van der Waals surface area contributed by atoms with E-state index in [1.165, 1.54) is 0 Å². The van der Waals surface area contributed by atoms with Gasteiger partial charge in [-0.15, -0.1) is 0 Å². The number of ether oxygens (including phenoxy) is 1. The molecule has 98 valence electrons. The summed E-state index contributed by atoms with van der Waals surface area (Å²) in [5.41, 5.74) is 0. The van der Waals surface area contributed by atoms with E-state index in [1.54, 1.807) is 16.7 Å². The van der Waals surface area contributed by atoms with Crippen molar-refractivity contribution in [1.29, 1.82) is 0 Å². The maximum absolute atomic E-state index is 11.6. The Balaban J connectivity index is 2.30. The third-order valence-corrected chi connectivity index (χ3v) is 2.71. The lowest BCUT2D eigenvalue weighted by atomic mass is 10.2. The Kier molecular flexibility index (Phi) is 5.76. The van der Waals surface area contributed by atoms with Gasteiger partial charge in [-0.3, -0.25) is 4.79 Å². The number of aliphatic hydroxyl groups is 1. The highest BCUT2D eigenvalue weighted by atomic mass is 16.6. The molecule has 2 amide bonds. The fourth-order valence-corrected chi connectivity index (χ4v) is 1.74. The molecule has 0 atom stereocenters. The predicted molar refractivity (Wildman–Crippen MR) is 61.5 cm³/mol. The standard InChI is InChI=1S/C11H20N2O4/c1-2-17-11(16)13-7-5-12(6-8-13)10(15)4-3-9-14/h14H,2-9H2,1H3. The molecule has 1 aliphatic heterocycles. The number of carbonyl (C=O) groups excluding carboxylic acids is 2. The monoisotopic (exact) mass is 244 g/mol. The Hall–Kier alpha value is -1.30. The summed E-state index contributed by atoms with van der Waals surface area (Å²) in [5.74, 6) is 0.0440. The third kappa shape index (κ3) is 4.22. The van der Waals surface area contributed by atoms with Crippen LogP contribution < -0.4 is 0 Å². The zero-order valence-electron chi connectivity index (χ0n) is 10.2. The van der Waals surface area contributed by atoms with Crippen LogP contribution in [-0.2, 0) is 9.53 Å². The van der Waals surface area contributed by atoms with E-state index in [-0.39, 0.29) is 18.6 Å². The van der Waals surface area contributed by atoms with Crippen molar-refractivity contribution in [3.05, 3.63) is 0 Å². The van der Waals surface area contributed by atoms with E-state index in [2.05, 4.69) is 0 Å². The lowest BCUT2D eigenvalue weighted by Gasteiger charge is -2.34. The van der Waals surface area contributed by atoms with Gasteiger partial charge in [0.25, 0.3) is 0 Å². The van der Waals surface area contributed by atoms with Crippen molar-refractivity contribution in [2.75, 3.05) is 39.4 Å². The first-order valence-corrected chi connectivity index (χ1v) is 5.99. The second-order valence-electron chi connectivity index (χ2n) is 3.89. The average molecular weight is 244 g/mol. The first kappa shape index (κ1) is 13.8. The quantitative estimate of drug-likeness (QED) is 0.759. The summed E-state index contributed by atoms with van der Waals surface area (Å²) in [5, 5.41) is 8.65. The fourth-order valence-electron chi connectivity index (χ4n) is 1.74. The molecule has 6 heteroatoms. The maximum atomic E-state index is 11.6. The van der Waals surface area contributed by atoms with Crippen molar-refractivity contribution >= 4 is 12.0 Å². The van der Waals surface area contributed by atoms with Crippen molar-refractivity contribution in [3.8, 4) is 0 Å². The first-order chi connectivity index (χ1) is 8.19. The smallest absolute Gasteiger partial charge is 0.409 e. The molecule has 0 aromatic heterocycles.